The van der Waals surface area contributed by atoms with E-state index < -0.39 is 0 Å². The number of rotatable bonds is 4. The van der Waals surface area contributed by atoms with Crippen LogP contribution in [-0.2, 0) is 16.2 Å². The van der Waals surface area contributed by atoms with Gasteiger partial charge in [-0.1, -0.05) is 0 Å². The number of amides is 2. The first-order valence-electron chi connectivity index (χ1n) is 6.89. The van der Waals surface area contributed by atoms with Gasteiger partial charge in [0.1, 0.15) is 5.75 Å². The number of anilines is 1. The van der Waals surface area contributed by atoms with Gasteiger partial charge in [0, 0.05) is 18.4 Å². The molecule has 0 radical (unpaired) electrons. The zero-order chi connectivity index (χ0) is 14.5. The van der Waals surface area contributed by atoms with Gasteiger partial charge < -0.3 is 9.84 Å². The molecule has 1 saturated heterocycles. The SMILES string of the molecule is CCOc1ccc(N2C(=O)CCCCC2=O)cc1CO. The predicted molar refractivity (Wildman–Crippen MR) is 74.5 cm³/mol. The lowest BCUT2D eigenvalue weighted by Crippen LogP contribution is -2.35. The summed E-state index contributed by atoms with van der Waals surface area (Å²) in [5.41, 5.74) is 1.09. The van der Waals surface area contributed by atoms with Crippen molar-refractivity contribution in [3.63, 3.8) is 0 Å². The average Bonchev–Trinajstić information content (AvgIpc) is 2.61. The van der Waals surface area contributed by atoms with Crippen molar-refractivity contribution in [1.29, 1.82) is 0 Å². The van der Waals surface area contributed by atoms with Gasteiger partial charge in [-0.15, -0.1) is 0 Å². The number of ether oxygens (including phenoxy) is 1. The van der Waals surface area contributed by atoms with Gasteiger partial charge in [0.25, 0.3) is 0 Å². The maximum Gasteiger partial charge on any atom is 0.233 e. The van der Waals surface area contributed by atoms with E-state index in [4.69, 9.17) is 4.74 Å². The number of aliphatic hydroxyl groups is 1. The highest BCUT2D eigenvalue weighted by molar-refractivity contribution is 6.15. The Hall–Kier alpha value is -1.88. The first-order valence-corrected chi connectivity index (χ1v) is 6.89. The van der Waals surface area contributed by atoms with E-state index in [1.165, 1.54) is 4.90 Å². The number of hydrogen-bond acceptors (Lipinski definition) is 4. The molecule has 1 fully saturated rings. The largest absolute Gasteiger partial charge is 0.494 e. The Morgan fingerprint density at radius 2 is 1.85 bits per heavy atom. The van der Waals surface area contributed by atoms with Crippen molar-refractivity contribution in [3.05, 3.63) is 23.8 Å². The monoisotopic (exact) mass is 277 g/mol. The van der Waals surface area contributed by atoms with E-state index in [0.717, 1.165) is 12.8 Å². The van der Waals surface area contributed by atoms with E-state index in [-0.39, 0.29) is 18.4 Å². The van der Waals surface area contributed by atoms with E-state index in [1.807, 2.05) is 6.92 Å². The Morgan fingerprint density at radius 1 is 1.20 bits per heavy atom. The number of carbonyl (C=O) groups excluding carboxylic acids is 2. The van der Waals surface area contributed by atoms with Crippen molar-refractivity contribution in [2.45, 2.75) is 39.2 Å². The minimum absolute atomic E-state index is 0.180. The van der Waals surface area contributed by atoms with Crippen LogP contribution in [0.5, 0.6) is 5.75 Å². The van der Waals surface area contributed by atoms with Crippen molar-refractivity contribution < 1.29 is 19.4 Å². The van der Waals surface area contributed by atoms with Crippen LogP contribution in [0.4, 0.5) is 5.69 Å². The number of aliphatic hydroxyl groups excluding tert-OH is 1. The molecule has 5 heteroatoms. The zero-order valence-electron chi connectivity index (χ0n) is 11.6. The molecular weight excluding hydrogens is 258 g/mol. The smallest absolute Gasteiger partial charge is 0.233 e. The quantitative estimate of drug-likeness (QED) is 0.855. The first-order chi connectivity index (χ1) is 9.67. The molecule has 2 rings (SSSR count). The predicted octanol–water partition coefficient (Wildman–Crippen LogP) is 2.01. The van der Waals surface area contributed by atoms with Crippen LogP contribution in [-0.4, -0.2) is 23.5 Å². The van der Waals surface area contributed by atoms with Crippen LogP contribution in [0, 0.1) is 0 Å². The maximum atomic E-state index is 12.0. The lowest BCUT2D eigenvalue weighted by Gasteiger charge is -2.20. The first kappa shape index (κ1) is 14.5. The molecule has 1 aliphatic rings. The molecule has 0 aromatic heterocycles. The van der Waals surface area contributed by atoms with Crippen molar-refractivity contribution in [3.8, 4) is 5.75 Å². The molecule has 0 aliphatic carbocycles. The molecule has 1 N–H and O–H groups in total. The molecule has 2 amide bonds. The van der Waals surface area contributed by atoms with Crippen LogP contribution < -0.4 is 9.64 Å². The fourth-order valence-corrected chi connectivity index (χ4v) is 2.33. The van der Waals surface area contributed by atoms with Crippen molar-refractivity contribution >= 4 is 17.5 Å². The molecule has 20 heavy (non-hydrogen) atoms. The van der Waals surface area contributed by atoms with Crippen LogP contribution in [0.25, 0.3) is 0 Å². The summed E-state index contributed by atoms with van der Waals surface area (Å²) in [5.74, 6) is 0.217. The normalized spacial score (nSPS) is 16.2. The second-order valence-electron chi connectivity index (χ2n) is 4.71. The third-order valence-corrected chi connectivity index (χ3v) is 3.30. The van der Waals surface area contributed by atoms with Crippen LogP contribution in [0.1, 0.15) is 38.2 Å². The molecule has 1 aliphatic heterocycles. The average molecular weight is 277 g/mol. The minimum atomic E-state index is -0.195. The van der Waals surface area contributed by atoms with Crippen molar-refractivity contribution in [2.75, 3.05) is 11.5 Å². The van der Waals surface area contributed by atoms with Gasteiger partial charge in [-0.25, -0.2) is 0 Å². The third kappa shape index (κ3) is 2.99. The lowest BCUT2D eigenvalue weighted by molar-refractivity contribution is -0.125. The molecular formula is C15H19NO4. The Kier molecular flexibility index (Phi) is 4.74. The summed E-state index contributed by atoms with van der Waals surface area (Å²) in [6.45, 7) is 2.16. The molecule has 5 nitrogen and oxygen atoms in total. The van der Waals surface area contributed by atoms with Gasteiger partial charge in [0.05, 0.1) is 18.9 Å². The van der Waals surface area contributed by atoms with E-state index in [1.54, 1.807) is 18.2 Å². The Balaban J connectivity index is 2.35. The van der Waals surface area contributed by atoms with Gasteiger partial charge >= 0.3 is 0 Å². The number of nitrogens with zero attached hydrogens (tertiary/aromatic N) is 1. The van der Waals surface area contributed by atoms with Crippen LogP contribution in [0.2, 0.25) is 0 Å². The van der Waals surface area contributed by atoms with Crippen LogP contribution in [0.15, 0.2) is 18.2 Å². The summed E-state index contributed by atoms with van der Waals surface area (Å²) in [4.78, 5) is 25.3. The zero-order valence-corrected chi connectivity index (χ0v) is 11.6. The summed E-state index contributed by atoms with van der Waals surface area (Å²) < 4.78 is 5.40. The Labute approximate surface area is 118 Å². The fraction of sp³-hybridized carbons (Fsp3) is 0.467. The fourth-order valence-electron chi connectivity index (χ4n) is 2.33. The highest BCUT2D eigenvalue weighted by Gasteiger charge is 2.26. The standard InChI is InChI=1S/C15H19NO4/c1-2-20-13-8-7-12(9-11(13)10-17)16-14(18)5-3-4-6-15(16)19/h7-9,17H,2-6,10H2,1H3. The van der Waals surface area contributed by atoms with Crippen molar-refractivity contribution in [2.24, 2.45) is 0 Å². The second kappa shape index (κ2) is 6.52. The minimum Gasteiger partial charge on any atom is -0.494 e. The number of carbonyl (C=O) groups is 2. The van der Waals surface area contributed by atoms with Gasteiger partial charge in [-0.3, -0.25) is 14.5 Å². The van der Waals surface area contributed by atoms with Crippen LogP contribution >= 0.6 is 0 Å². The Bertz CT molecular complexity index is 495. The molecule has 1 aromatic rings. The summed E-state index contributed by atoms with van der Waals surface area (Å²) in [6.07, 6.45) is 2.25. The molecule has 0 bridgehead atoms. The molecule has 1 heterocycles. The summed E-state index contributed by atoms with van der Waals surface area (Å²) >= 11 is 0. The summed E-state index contributed by atoms with van der Waals surface area (Å²) in [5, 5.41) is 9.39. The van der Waals surface area contributed by atoms with E-state index in [2.05, 4.69) is 0 Å². The maximum absolute atomic E-state index is 12.0. The highest BCUT2D eigenvalue weighted by Crippen LogP contribution is 2.28. The molecule has 0 spiro atoms. The van der Waals surface area contributed by atoms with E-state index in [9.17, 15) is 14.7 Å². The van der Waals surface area contributed by atoms with E-state index in [0.29, 0.717) is 36.4 Å². The topological polar surface area (TPSA) is 66.8 Å². The lowest BCUT2D eigenvalue weighted by atomic mass is 10.1. The van der Waals surface area contributed by atoms with Gasteiger partial charge in [-0.05, 0) is 38.0 Å². The van der Waals surface area contributed by atoms with Gasteiger partial charge in [-0.2, -0.15) is 0 Å². The van der Waals surface area contributed by atoms with Gasteiger partial charge in [0.15, 0.2) is 0 Å². The Morgan fingerprint density at radius 3 is 2.40 bits per heavy atom. The van der Waals surface area contributed by atoms with Crippen molar-refractivity contribution in [1.82, 2.24) is 0 Å². The molecule has 0 unspecified atom stereocenters. The highest BCUT2D eigenvalue weighted by atomic mass is 16.5. The summed E-state index contributed by atoms with van der Waals surface area (Å²) in [6, 6.07) is 5.02. The van der Waals surface area contributed by atoms with E-state index >= 15 is 0 Å². The number of benzene rings is 1. The second-order valence-corrected chi connectivity index (χ2v) is 4.71. The summed E-state index contributed by atoms with van der Waals surface area (Å²) in [7, 11) is 0. The molecule has 1 aromatic carbocycles. The van der Waals surface area contributed by atoms with Gasteiger partial charge in [0.2, 0.25) is 11.8 Å². The molecule has 0 saturated carbocycles. The number of hydrogen-bond donors (Lipinski definition) is 1. The molecule has 108 valence electrons. The van der Waals surface area contributed by atoms with Crippen LogP contribution in [0.3, 0.4) is 0 Å². The third-order valence-electron chi connectivity index (χ3n) is 3.30. The number of imide groups is 1. The molecule has 0 atom stereocenters.